The van der Waals surface area contributed by atoms with Gasteiger partial charge in [-0.25, -0.2) is 0 Å². The topological polar surface area (TPSA) is 24.1 Å². The minimum atomic E-state index is 1.09. The molecule has 0 aliphatic heterocycles. The van der Waals surface area contributed by atoms with Gasteiger partial charge in [-0.2, -0.15) is 0 Å². The third kappa shape index (κ3) is 13.6. The quantitative estimate of drug-likeness (QED) is 0.377. The van der Waals surface area contributed by atoms with Crippen molar-refractivity contribution in [3.63, 3.8) is 0 Å². The lowest BCUT2D eigenvalue weighted by Crippen LogP contribution is -2.28. The molecule has 0 saturated carbocycles. The van der Waals surface area contributed by atoms with E-state index in [4.69, 9.17) is 0 Å². The molecule has 0 unspecified atom stereocenters. The maximum absolute atomic E-state index is 3.55. The Balaban J connectivity index is 1.70. The maximum atomic E-state index is 3.55. The van der Waals surface area contributed by atoms with Gasteiger partial charge in [0.05, 0.1) is 0 Å². The first-order chi connectivity index (χ1) is 11.9. The van der Waals surface area contributed by atoms with E-state index in [9.17, 15) is 0 Å². The van der Waals surface area contributed by atoms with Crippen LogP contribution in [0.25, 0.3) is 0 Å². The number of hydrogen-bond donors (Lipinski definition) is 2. The molecule has 0 spiro atoms. The highest BCUT2D eigenvalue weighted by Gasteiger charge is 1.94. The Kier molecular flexibility index (Phi) is 15.0. The van der Waals surface area contributed by atoms with Crippen LogP contribution in [0.2, 0.25) is 0 Å². The summed E-state index contributed by atoms with van der Waals surface area (Å²) in [5.74, 6) is 0. The van der Waals surface area contributed by atoms with Crippen LogP contribution in [0.5, 0.6) is 0 Å². The fourth-order valence-corrected chi connectivity index (χ4v) is 3.05. The van der Waals surface area contributed by atoms with Crippen molar-refractivity contribution in [1.29, 1.82) is 0 Å². The molecule has 2 N–H and O–H groups in total. The summed E-state index contributed by atoms with van der Waals surface area (Å²) in [4.78, 5) is 0. The van der Waals surface area contributed by atoms with E-state index in [0.717, 1.165) is 19.6 Å². The molecule has 0 radical (unpaired) electrons. The first kappa shape index (κ1) is 21.2. The Morgan fingerprint density at radius 3 is 1.75 bits per heavy atom. The molecule has 1 aromatic carbocycles. The van der Waals surface area contributed by atoms with E-state index >= 15 is 0 Å². The van der Waals surface area contributed by atoms with Crippen LogP contribution in [0.4, 0.5) is 0 Å². The van der Waals surface area contributed by atoms with Gasteiger partial charge in [0, 0.05) is 13.1 Å². The number of aryl methyl sites for hydroxylation is 1. The highest BCUT2D eigenvalue weighted by atomic mass is 14.9. The summed E-state index contributed by atoms with van der Waals surface area (Å²) >= 11 is 0. The Morgan fingerprint density at radius 2 is 1.12 bits per heavy atom. The normalized spacial score (nSPS) is 11.0. The van der Waals surface area contributed by atoms with Crippen LogP contribution in [0.1, 0.15) is 76.7 Å². The number of benzene rings is 1. The number of unbranched alkanes of at least 4 members (excludes halogenated alkanes) is 8. The molecule has 0 atom stereocenters. The molecule has 0 saturated heterocycles. The highest BCUT2D eigenvalue weighted by molar-refractivity contribution is 5.14. The molecule has 24 heavy (non-hydrogen) atoms. The van der Waals surface area contributed by atoms with E-state index in [0.29, 0.717) is 0 Å². The van der Waals surface area contributed by atoms with Gasteiger partial charge in [-0.15, -0.1) is 0 Å². The molecule has 0 aromatic heterocycles. The Bertz CT molecular complexity index is 350. The average molecular weight is 333 g/mol. The zero-order chi connectivity index (χ0) is 17.1. The van der Waals surface area contributed by atoms with Crippen LogP contribution in [0.15, 0.2) is 30.3 Å². The van der Waals surface area contributed by atoms with Crippen molar-refractivity contribution in [2.45, 2.75) is 77.6 Å². The van der Waals surface area contributed by atoms with Gasteiger partial charge in [0.25, 0.3) is 0 Å². The molecule has 0 bridgehead atoms. The molecule has 2 heteroatoms. The third-order valence-corrected chi connectivity index (χ3v) is 4.60. The second kappa shape index (κ2) is 17.0. The molecule has 2 nitrogen and oxygen atoms in total. The number of rotatable bonds is 17. The standard InChI is InChI=1S/C22H40N2/c1-2-3-4-5-6-7-8-9-13-18-23-20-21-24-19-14-17-22-15-11-10-12-16-22/h10-12,15-16,23-24H,2-9,13-14,17-21H2,1H3. The summed E-state index contributed by atoms with van der Waals surface area (Å²) in [6.45, 7) is 6.78. The van der Waals surface area contributed by atoms with E-state index in [1.165, 1.54) is 82.7 Å². The van der Waals surface area contributed by atoms with Crippen LogP contribution >= 0.6 is 0 Å². The summed E-state index contributed by atoms with van der Waals surface area (Å²) in [7, 11) is 0. The van der Waals surface area contributed by atoms with E-state index in [2.05, 4.69) is 47.9 Å². The smallest absolute Gasteiger partial charge is 0.00767 e. The van der Waals surface area contributed by atoms with Gasteiger partial charge in [0.15, 0.2) is 0 Å². The second-order valence-corrected chi connectivity index (χ2v) is 6.92. The maximum Gasteiger partial charge on any atom is 0.00767 e. The molecule has 1 rings (SSSR count). The second-order valence-electron chi connectivity index (χ2n) is 6.92. The lowest BCUT2D eigenvalue weighted by atomic mass is 10.1. The van der Waals surface area contributed by atoms with Crippen molar-refractivity contribution in [3.05, 3.63) is 35.9 Å². The van der Waals surface area contributed by atoms with E-state index in [1.807, 2.05) is 0 Å². The van der Waals surface area contributed by atoms with Crippen molar-refractivity contribution >= 4 is 0 Å². The van der Waals surface area contributed by atoms with Crippen molar-refractivity contribution in [2.75, 3.05) is 26.2 Å². The Labute approximate surface area is 150 Å². The molecule has 0 aliphatic rings. The SMILES string of the molecule is CCCCCCCCCCCNCCNCCCc1ccccc1. The van der Waals surface area contributed by atoms with Crippen molar-refractivity contribution < 1.29 is 0 Å². The molecule has 0 aliphatic carbocycles. The Morgan fingerprint density at radius 1 is 0.583 bits per heavy atom. The minimum absolute atomic E-state index is 1.09. The summed E-state index contributed by atoms with van der Waals surface area (Å²) < 4.78 is 0. The summed E-state index contributed by atoms with van der Waals surface area (Å²) in [6, 6.07) is 10.8. The van der Waals surface area contributed by atoms with Crippen molar-refractivity contribution in [1.82, 2.24) is 10.6 Å². The van der Waals surface area contributed by atoms with Crippen molar-refractivity contribution in [3.8, 4) is 0 Å². The first-order valence-corrected chi connectivity index (χ1v) is 10.4. The molecule has 138 valence electrons. The van der Waals surface area contributed by atoms with Gasteiger partial charge < -0.3 is 10.6 Å². The molecule has 0 fully saturated rings. The van der Waals surface area contributed by atoms with Gasteiger partial charge in [0.1, 0.15) is 0 Å². The third-order valence-electron chi connectivity index (χ3n) is 4.60. The van der Waals surface area contributed by atoms with Crippen molar-refractivity contribution in [2.24, 2.45) is 0 Å². The zero-order valence-corrected chi connectivity index (χ0v) is 16.0. The Hall–Kier alpha value is -0.860. The molecule has 1 aromatic rings. The monoisotopic (exact) mass is 332 g/mol. The van der Waals surface area contributed by atoms with E-state index in [-0.39, 0.29) is 0 Å². The van der Waals surface area contributed by atoms with Gasteiger partial charge in [-0.3, -0.25) is 0 Å². The number of hydrogen-bond acceptors (Lipinski definition) is 2. The molecule has 0 amide bonds. The summed E-state index contributed by atoms with van der Waals surface area (Å²) in [5, 5.41) is 7.08. The van der Waals surface area contributed by atoms with Gasteiger partial charge in [0.2, 0.25) is 0 Å². The predicted octanol–water partition coefficient (Wildman–Crippen LogP) is 5.33. The van der Waals surface area contributed by atoms with E-state index < -0.39 is 0 Å². The van der Waals surface area contributed by atoms with Crippen LogP contribution in [0.3, 0.4) is 0 Å². The number of nitrogens with one attached hydrogen (secondary N) is 2. The zero-order valence-electron chi connectivity index (χ0n) is 16.0. The largest absolute Gasteiger partial charge is 0.315 e. The van der Waals surface area contributed by atoms with Crippen LogP contribution < -0.4 is 10.6 Å². The lowest BCUT2D eigenvalue weighted by molar-refractivity contribution is 0.540. The van der Waals surface area contributed by atoms with Gasteiger partial charge >= 0.3 is 0 Å². The molecular formula is C22H40N2. The summed E-state index contributed by atoms with van der Waals surface area (Å²) in [5.41, 5.74) is 1.45. The van der Waals surface area contributed by atoms with Gasteiger partial charge in [-0.05, 0) is 37.9 Å². The van der Waals surface area contributed by atoms with Gasteiger partial charge in [-0.1, -0.05) is 88.6 Å². The summed E-state index contributed by atoms with van der Waals surface area (Å²) in [6.07, 6.45) is 15.1. The first-order valence-electron chi connectivity index (χ1n) is 10.4. The van der Waals surface area contributed by atoms with Crippen LogP contribution in [-0.4, -0.2) is 26.2 Å². The average Bonchev–Trinajstić information content (AvgIpc) is 2.62. The predicted molar refractivity (Wildman–Crippen MR) is 108 cm³/mol. The highest BCUT2D eigenvalue weighted by Crippen LogP contribution is 2.09. The lowest BCUT2D eigenvalue weighted by Gasteiger charge is -2.07. The van der Waals surface area contributed by atoms with Crippen LogP contribution in [0, 0.1) is 0 Å². The molecule has 0 heterocycles. The fraction of sp³-hybridized carbons (Fsp3) is 0.727. The molecular weight excluding hydrogens is 292 g/mol. The fourth-order valence-electron chi connectivity index (χ4n) is 3.05. The van der Waals surface area contributed by atoms with Crippen LogP contribution in [-0.2, 0) is 6.42 Å². The van der Waals surface area contributed by atoms with E-state index in [1.54, 1.807) is 0 Å². The minimum Gasteiger partial charge on any atom is -0.315 e.